The molecule has 0 spiro atoms. The van der Waals surface area contributed by atoms with Gasteiger partial charge in [-0.15, -0.1) is 0 Å². The van der Waals surface area contributed by atoms with E-state index in [0.29, 0.717) is 36.5 Å². The highest BCUT2D eigenvalue weighted by Crippen LogP contribution is 2.23. The van der Waals surface area contributed by atoms with Gasteiger partial charge in [0.2, 0.25) is 0 Å². The predicted octanol–water partition coefficient (Wildman–Crippen LogP) is 2.41. The first-order valence-corrected chi connectivity index (χ1v) is 7.18. The molecule has 0 fully saturated rings. The fourth-order valence-corrected chi connectivity index (χ4v) is 2.48. The summed E-state index contributed by atoms with van der Waals surface area (Å²) in [5.74, 6) is -0.551. The van der Waals surface area contributed by atoms with Gasteiger partial charge in [-0.25, -0.2) is 4.79 Å². The van der Waals surface area contributed by atoms with Crippen molar-refractivity contribution in [3.8, 4) is 0 Å². The minimum atomic E-state index is -0.452. The summed E-state index contributed by atoms with van der Waals surface area (Å²) in [4.78, 5) is 30.2. The third-order valence-electron chi connectivity index (χ3n) is 3.56. The highest BCUT2D eigenvalue weighted by molar-refractivity contribution is 6.00. The standard InChI is InChI=1S/C17H16N2O3/c1-2-22-17(21)13-8-14-15(18-9-13)11-19(16(14)20)10-12-6-4-3-5-7-12/h3-9H,2,10-11H2,1H3. The number of benzene rings is 1. The van der Waals surface area contributed by atoms with Crippen LogP contribution in [0.15, 0.2) is 42.6 Å². The molecular weight excluding hydrogens is 280 g/mol. The summed E-state index contributed by atoms with van der Waals surface area (Å²) in [6.07, 6.45) is 1.47. The minimum Gasteiger partial charge on any atom is -0.462 e. The number of rotatable bonds is 4. The molecule has 5 heteroatoms. The minimum absolute atomic E-state index is 0.0995. The van der Waals surface area contributed by atoms with E-state index in [-0.39, 0.29) is 5.91 Å². The highest BCUT2D eigenvalue weighted by atomic mass is 16.5. The number of carbonyl (C=O) groups excluding carboxylic acids is 2. The Bertz CT molecular complexity index is 713. The summed E-state index contributed by atoms with van der Waals surface area (Å²) in [7, 11) is 0. The highest BCUT2D eigenvalue weighted by Gasteiger charge is 2.29. The second-order valence-electron chi connectivity index (χ2n) is 5.09. The Morgan fingerprint density at radius 3 is 2.82 bits per heavy atom. The lowest BCUT2D eigenvalue weighted by Gasteiger charge is -2.15. The quantitative estimate of drug-likeness (QED) is 0.813. The summed E-state index contributed by atoms with van der Waals surface area (Å²) in [5, 5.41) is 0. The average molecular weight is 296 g/mol. The molecule has 2 aromatic rings. The van der Waals surface area contributed by atoms with Crippen LogP contribution in [0.3, 0.4) is 0 Å². The van der Waals surface area contributed by atoms with Gasteiger partial charge in [0.15, 0.2) is 0 Å². The Morgan fingerprint density at radius 1 is 1.32 bits per heavy atom. The van der Waals surface area contributed by atoms with E-state index in [4.69, 9.17) is 4.74 Å². The predicted molar refractivity (Wildman–Crippen MR) is 80.2 cm³/mol. The van der Waals surface area contributed by atoms with Crippen molar-refractivity contribution < 1.29 is 14.3 Å². The van der Waals surface area contributed by atoms with Gasteiger partial charge in [0.1, 0.15) is 0 Å². The molecule has 5 nitrogen and oxygen atoms in total. The van der Waals surface area contributed by atoms with Crippen molar-refractivity contribution in [1.29, 1.82) is 0 Å². The van der Waals surface area contributed by atoms with Gasteiger partial charge in [0.05, 0.1) is 30.0 Å². The average Bonchev–Trinajstić information content (AvgIpc) is 2.84. The molecule has 112 valence electrons. The number of carbonyl (C=O) groups is 2. The van der Waals surface area contributed by atoms with Crippen molar-refractivity contribution in [2.24, 2.45) is 0 Å². The van der Waals surface area contributed by atoms with Gasteiger partial charge in [-0.1, -0.05) is 30.3 Å². The third-order valence-corrected chi connectivity index (χ3v) is 3.56. The first-order valence-electron chi connectivity index (χ1n) is 7.18. The molecule has 1 aromatic carbocycles. The number of ether oxygens (including phenoxy) is 1. The molecule has 0 radical (unpaired) electrons. The van der Waals surface area contributed by atoms with Crippen LogP contribution in [0.4, 0.5) is 0 Å². The molecule has 1 aliphatic heterocycles. The lowest BCUT2D eigenvalue weighted by atomic mass is 10.1. The third kappa shape index (κ3) is 2.70. The van der Waals surface area contributed by atoms with Crippen LogP contribution in [0.1, 0.15) is 38.9 Å². The van der Waals surface area contributed by atoms with E-state index in [9.17, 15) is 9.59 Å². The molecule has 0 bridgehead atoms. The Balaban J connectivity index is 1.80. The fraction of sp³-hybridized carbons (Fsp3) is 0.235. The number of hydrogen-bond donors (Lipinski definition) is 0. The molecule has 22 heavy (non-hydrogen) atoms. The lowest BCUT2D eigenvalue weighted by molar-refractivity contribution is 0.0526. The van der Waals surface area contributed by atoms with Crippen molar-refractivity contribution in [3.63, 3.8) is 0 Å². The Morgan fingerprint density at radius 2 is 2.09 bits per heavy atom. The number of fused-ring (bicyclic) bond motifs is 1. The van der Waals surface area contributed by atoms with Crippen molar-refractivity contribution in [2.45, 2.75) is 20.0 Å². The first kappa shape index (κ1) is 14.3. The first-order chi connectivity index (χ1) is 10.7. The molecule has 1 aliphatic rings. The summed E-state index contributed by atoms with van der Waals surface area (Å²) < 4.78 is 4.94. The van der Waals surface area contributed by atoms with E-state index in [1.165, 1.54) is 6.20 Å². The maximum absolute atomic E-state index is 12.5. The molecule has 0 unspecified atom stereocenters. The van der Waals surface area contributed by atoms with Crippen LogP contribution in [-0.2, 0) is 17.8 Å². The van der Waals surface area contributed by atoms with E-state index >= 15 is 0 Å². The number of hydrogen-bond acceptors (Lipinski definition) is 4. The number of amides is 1. The summed E-state index contributed by atoms with van der Waals surface area (Å²) >= 11 is 0. The summed E-state index contributed by atoms with van der Waals surface area (Å²) in [5.41, 5.74) is 2.57. The van der Waals surface area contributed by atoms with Crippen LogP contribution in [-0.4, -0.2) is 28.4 Å². The molecule has 0 aliphatic carbocycles. The maximum atomic E-state index is 12.5. The number of pyridine rings is 1. The molecular formula is C17H16N2O3. The Kier molecular flexibility index (Phi) is 3.87. The topological polar surface area (TPSA) is 59.5 Å². The molecule has 2 heterocycles. The molecule has 1 aromatic heterocycles. The maximum Gasteiger partial charge on any atom is 0.339 e. The second kappa shape index (κ2) is 5.97. The van der Waals surface area contributed by atoms with Crippen molar-refractivity contribution in [1.82, 2.24) is 9.88 Å². The van der Waals surface area contributed by atoms with E-state index in [0.717, 1.165) is 5.56 Å². The molecule has 0 N–H and O–H groups in total. The summed E-state index contributed by atoms with van der Waals surface area (Å²) in [6.45, 7) is 3.03. The van der Waals surface area contributed by atoms with Crippen LogP contribution in [0.25, 0.3) is 0 Å². The monoisotopic (exact) mass is 296 g/mol. The van der Waals surface area contributed by atoms with E-state index in [1.807, 2.05) is 30.3 Å². The second-order valence-corrected chi connectivity index (χ2v) is 5.09. The molecule has 0 saturated carbocycles. The zero-order valence-electron chi connectivity index (χ0n) is 12.3. The van der Waals surface area contributed by atoms with Gasteiger partial charge >= 0.3 is 5.97 Å². The number of nitrogens with zero attached hydrogens (tertiary/aromatic N) is 2. The normalized spacial score (nSPS) is 13.1. The molecule has 0 atom stereocenters. The van der Waals surface area contributed by atoms with Crippen LogP contribution in [0.5, 0.6) is 0 Å². The number of esters is 1. The van der Waals surface area contributed by atoms with Crippen LogP contribution in [0, 0.1) is 0 Å². The van der Waals surface area contributed by atoms with Gasteiger partial charge in [0, 0.05) is 12.7 Å². The molecule has 3 rings (SSSR count). The van der Waals surface area contributed by atoms with Crippen molar-refractivity contribution in [2.75, 3.05) is 6.61 Å². The largest absolute Gasteiger partial charge is 0.462 e. The fourth-order valence-electron chi connectivity index (χ4n) is 2.48. The zero-order valence-corrected chi connectivity index (χ0v) is 12.3. The zero-order chi connectivity index (χ0) is 15.5. The van der Waals surface area contributed by atoms with Gasteiger partial charge in [-0.05, 0) is 18.6 Å². The van der Waals surface area contributed by atoms with Gasteiger partial charge in [-0.2, -0.15) is 0 Å². The van der Waals surface area contributed by atoms with E-state index in [1.54, 1.807) is 17.9 Å². The Labute approximate surface area is 128 Å². The lowest BCUT2D eigenvalue weighted by Crippen LogP contribution is -2.23. The Hall–Kier alpha value is -2.69. The molecule has 0 saturated heterocycles. The van der Waals surface area contributed by atoms with Crippen molar-refractivity contribution >= 4 is 11.9 Å². The van der Waals surface area contributed by atoms with Crippen LogP contribution >= 0.6 is 0 Å². The molecule has 1 amide bonds. The van der Waals surface area contributed by atoms with Crippen molar-refractivity contribution in [3.05, 3.63) is 65.0 Å². The summed E-state index contributed by atoms with van der Waals surface area (Å²) in [6, 6.07) is 11.4. The number of aromatic nitrogens is 1. The van der Waals surface area contributed by atoms with E-state index < -0.39 is 5.97 Å². The van der Waals surface area contributed by atoms with Gasteiger partial charge < -0.3 is 9.64 Å². The SMILES string of the molecule is CCOC(=O)c1cnc2c(c1)C(=O)N(Cc1ccccc1)C2. The van der Waals surface area contributed by atoms with E-state index in [2.05, 4.69) is 4.98 Å². The van der Waals surface area contributed by atoms with Crippen LogP contribution < -0.4 is 0 Å². The smallest absolute Gasteiger partial charge is 0.339 e. The van der Waals surface area contributed by atoms with Gasteiger partial charge in [-0.3, -0.25) is 9.78 Å². The van der Waals surface area contributed by atoms with Crippen LogP contribution in [0.2, 0.25) is 0 Å². The van der Waals surface area contributed by atoms with Gasteiger partial charge in [0.25, 0.3) is 5.91 Å².